The van der Waals surface area contributed by atoms with Crippen LogP contribution in [0.5, 0.6) is 0 Å². The number of para-hydroxylation sites is 1. The lowest BCUT2D eigenvalue weighted by Gasteiger charge is -2.04. The lowest BCUT2D eigenvalue weighted by Crippen LogP contribution is -1.99. The molecule has 0 radical (unpaired) electrons. The summed E-state index contributed by atoms with van der Waals surface area (Å²) in [6.07, 6.45) is 1.80. The van der Waals surface area contributed by atoms with Gasteiger partial charge in [0.1, 0.15) is 5.01 Å². The standard InChI is InChI=1S/C19H13ClN6S/c1-12-15(11-21-25(12)13-7-3-2-4-8-13)17-22-23-19-26(17)24-18(27-19)14-9-5-6-10-16(14)20/h2-11H,1H3. The minimum Gasteiger partial charge on any atom is -0.237 e. The van der Waals surface area contributed by atoms with Gasteiger partial charge in [0.25, 0.3) is 0 Å². The van der Waals surface area contributed by atoms with Crippen molar-refractivity contribution in [3.8, 4) is 27.6 Å². The second-order valence-electron chi connectivity index (χ2n) is 6.00. The maximum atomic E-state index is 6.31. The fourth-order valence-electron chi connectivity index (χ4n) is 2.99. The summed E-state index contributed by atoms with van der Waals surface area (Å²) in [5.74, 6) is 0.666. The van der Waals surface area contributed by atoms with Crippen molar-refractivity contribution >= 4 is 27.9 Å². The van der Waals surface area contributed by atoms with Gasteiger partial charge < -0.3 is 0 Å². The van der Waals surface area contributed by atoms with E-state index in [1.54, 1.807) is 10.7 Å². The van der Waals surface area contributed by atoms with Gasteiger partial charge in [0.2, 0.25) is 4.96 Å². The third-order valence-corrected chi connectivity index (χ3v) is 5.61. The molecule has 0 saturated heterocycles. The molecular formula is C19H13ClN6S. The van der Waals surface area contributed by atoms with Crippen molar-refractivity contribution in [1.29, 1.82) is 0 Å². The Bertz CT molecular complexity index is 1250. The molecule has 0 aliphatic rings. The van der Waals surface area contributed by atoms with Crippen molar-refractivity contribution in [3.05, 3.63) is 71.5 Å². The lowest BCUT2D eigenvalue weighted by atomic mass is 10.2. The first-order chi connectivity index (χ1) is 13.2. The molecule has 5 rings (SSSR count). The monoisotopic (exact) mass is 392 g/mol. The van der Waals surface area contributed by atoms with Gasteiger partial charge in [0, 0.05) is 5.56 Å². The number of hydrogen-bond acceptors (Lipinski definition) is 5. The molecule has 0 aliphatic heterocycles. The lowest BCUT2D eigenvalue weighted by molar-refractivity contribution is 0.846. The Balaban J connectivity index is 1.63. The molecule has 6 nitrogen and oxygen atoms in total. The third kappa shape index (κ3) is 2.63. The molecule has 132 valence electrons. The topological polar surface area (TPSA) is 60.9 Å². The van der Waals surface area contributed by atoms with E-state index in [1.165, 1.54) is 11.3 Å². The van der Waals surface area contributed by atoms with E-state index in [4.69, 9.17) is 16.7 Å². The molecular weight excluding hydrogens is 380 g/mol. The Morgan fingerprint density at radius 2 is 1.70 bits per heavy atom. The Morgan fingerprint density at radius 3 is 2.52 bits per heavy atom. The van der Waals surface area contributed by atoms with Gasteiger partial charge in [0.15, 0.2) is 5.82 Å². The first-order valence-corrected chi connectivity index (χ1v) is 9.49. The molecule has 0 amide bonds. The second kappa shape index (κ2) is 6.29. The Kier molecular flexibility index (Phi) is 3.77. The average Bonchev–Trinajstić information content (AvgIpc) is 3.37. The molecule has 0 atom stereocenters. The van der Waals surface area contributed by atoms with Crippen molar-refractivity contribution in [2.45, 2.75) is 6.92 Å². The van der Waals surface area contributed by atoms with Crippen LogP contribution in [0.15, 0.2) is 60.8 Å². The maximum Gasteiger partial charge on any atom is 0.235 e. The van der Waals surface area contributed by atoms with E-state index in [9.17, 15) is 0 Å². The van der Waals surface area contributed by atoms with E-state index >= 15 is 0 Å². The van der Waals surface area contributed by atoms with Gasteiger partial charge in [-0.25, -0.2) is 4.68 Å². The van der Waals surface area contributed by atoms with Crippen LogP contribution in [-0.2, 0) is 0 Å². The molecule has 0 saturated carbocycles. The van der Waals surface area contributed by atoms with Crippen molar-refractivity contribution in [3.63, 3.8) is 0 Å². The number of benzene rings is 2. The van der Waals surface area contributed by atoms with Gasteiger partial charge >= 0.3 is 0 Å². The third-order valence-electron chi connectivity index (χ3n) is 4.35. The smallest absolute Gasteiger partial charge is 0.235 e. The summed E-state index contributed by atoms with van der Waals surface area (Å²) in [7, 11) is 0. The molecule has 5 aromatic rings. The van der Waals surface area contributed by atoms with Gasteiger partial charge in [-0.15, -0.1) is 10.2 Å². The number of rotatable bonds is 3. The summed E-state index contributed by atoms with van der Waals surface area (Å²) < 4.78 is 3.64. The highest BCUT2D eigenvalue weighted by molar-refractivity contribution is 7.19. The number of fused-ring (bicyclic) bond motifs is 1. The van der Waals surface area contributed by atoms with E-state index in [0.29, 0.717) is 15.8 Å². The molecule has 0 aliphatic carbocycles. The summed E-state index contributed by atoms with van der Waals surface area (Å²) in [6, 6.07) is 17.6. The highest BCUT2D eigenvalue weighted by atomic mass is 35.5. The predicted octanol–water partition coefficient (Wildman–Crippen LogP) is 4.67. The molecule has 0 bridgehead atoms. The first-order valence-electron chi connectivity index (χ1n) is 8.30. The minimum absolute atomic E-state index is 0.664. The Morgan fingerprint density at radius 1 is 0.926 bits per heavy atom. The van der Waals surface area contributed by atoms with Gasteiger partial charge in [-0.3, -0.25) is 0 Å². The van der Waals surface area contributed by atoms with E-state index in [1.807, 2.05) is 66.2 Å². The maximum absolute atomic E-state index is 6.31. The Hall–Kier alpha value is -3.03. The van der Waals surface area contributed by atoms with E-state index in [2.05, 4.69) is 15.3 Å². The van der Waals surface area contributed by atoms with Crippen LogP contribution in [0.3, 0.4) is 0 Å². The minimum atomic E-state index is 0.664. The van der Waals surface area contributed by atoms with Gasteiger partial charge in [0.05, 0.1) is 28.2 Å². The van der Waals surface area contributed by atoms with Crippen molar-refractivity contribution in [2.24, 2.45) is 0 Å². The molecule has 8 heteroatoms. The number of hydrogen-bond donors (Lipinski definition) is 0. The summed E-state index contributed by atoms with van der Waals surface area (Å²) in [4.78, 5) is 0.715. The average molecular weight is 393 g/mol. The zero-order valence-corrected chi connectivity index (χ0v) is 15.8. The van der Waals surface area contributed by atoms with Gasteiger partial charge in [-0.05, 0) is 25.1 Å². The van der Waals surface area contributed by atoms with Crippen LogP contribution < -0.4 is 0 Å². The van der Waals surface area contributed by atoms with Crippen LogP contribution >= 0.6 is 22.9 Å². The normalized spacial score (nSPS) is 11.3. The molecule has 3 heterocycles. The van der Waals surface area contributed by atoms with E-state index in [-0.39, 0.29) is 0 Å². The largest absolute Gasteiger partial charge is 0.237 e. The zero-order chi connectivity index (χ0) is 18.4. The molecule has 27 heavy (non-hydrogen) atoms. The quantitative estimate of drug-likeness (QED) is 0.447. The fraction of sp³-hybridized carbons (Fsp3) is 0.0526. The van der Waals surface area contributed by atoms with Crippen molar-refractivity contribution < 1.29 is 0 Å². The van der Waals surface area contributed by atoms with Crippen molar-refractivity contribution in [2.75, 3.05) is 0 Å². The molecule has 3 aromatic heterocycles. The molecule has 0 spiro atoms. The predicted molar refractivity (Wildman–Crippen MR) is 106 cm³/mol. The number of halogens is 1. The molecule has 0 N–H and O–H groups in total. The molecule has 0 unspecified atom stereocenters. The van der Waals surface area contributed by atoms with Crippen LogP contribution in [0.25, 0.3) is 32.6 Å². The summed E-state index contributed by atoms with van der Waals surface area (Å²) >= 11 is 7.77. The number of aromatic nitrogens is 6. The van der Waals surface area contributed by atoms with Crippen molar-refractivity contribution in [1.82, 2.24) is 29.6 Å². The highest BCUT2D eigenvalue weighted by Gasteiger charge is 2.19. The Labute approximate surface area is 163 Å². The fourth-order valence-corrected chi connectivity index (χ4v) is 4.15. The second-order valence-corrected chi connectivity index (χ2v) is 7.36. The van der Waals surface area contributed by atoms with Crippen LogP contribution in [0.1, 0.15) is 5.69 Å². The van der Waals surface area contributed by atoms with Crippen LogP contribution in [0.4, 0.5) is 0 Å². The van der Waals surface area contributed by atoms with Crippen LogP contribution in [0.2, 0.25) is 5.02 Å². The van der Waals surface area contributed by atoms with E-state index in [0.717, 1.165) is 27.5 Å². The number of nitrogens with zero attached hydrogens (tertiary/aromatic N) is 6. The highest BCUT2D eigenvalue weighted by Crippen LogP contribution is 2.33. The van der Waals surface area contributed by atoms with Gasteiger partial charge in [-0.1, -0.05) is 59.3 Å². The SMILES string of the molecule is Cc1c(-c2nnc3sc(-c4ccccc4Cl)nn23)cnn1-c1ccccc1. The van der Waals surface area contributed by atoms with Crippen LogP contribution in [0, 0.1) is 6.92 Å². The summed E-state index contributed by atoms with van der Waals surface area (Å²) in [5.41, 5.74) is 3.75. The molecule has 2 aromatic carbocycles. The van der Waals surface area contributed by atoms with Crippen LogP contribution in [-0.4, -0.2) is 29.6 Å². The first kappa shape index (κ1) is 16.2. The summed E-state index contributed by atoms with van der Waals surface area (Å²) in [6.45, 7) is 2.01. The van der Waals surface area contributed by atoms with Gasteiger partial charge in [-0.2, -0.15) is 14.7 Å². The zero-order valence-electron chi connectivity index (χ0n) is 14.2. The van der Waals surface area contributed by atoms with E-state index < -0.39 is 0 Å². The summed E-state index contributed by atoms with van der Waals surface area (Å²) in [5, 5.41) is 19.3. The molecule has 0 fully saturated rings.